The van der Waals surface area contributed by atoms with Crippen LogP contribution in [0.3, 0.4) is 0 Å². The fourth-order valence-electron chi connectivity index (χ4n) is 2.63. The van der Waals surface area contributed by atoms with Gasteiger partial charge in [-0.1, -0.05) is 13.3 Å². The lowest BCUT2D eigenvalue weighted by molar-refractivity contribution is -0.121. The first-order valence-corrected chi connectivity index (χ1v) is 7.75. The third-order valence-electron chi connectivity index (χ3n) is 3.76. The number of hydrogen-bond acceptors (Lipinski definition) is 4. The van der Waals surface area contributed by atoms with E-state index in [2.05, 4.69) is 27.2 Å². The Balaban J connectivity index is 2.14. The minimum Gasteiger partial charge on any atom is -0.346 e. The number of aromatic amines is 1. The smallest absolute Gasteiger partial charge is 0.254 e. The first-order chi connectivity index (χ1) is 10.9. The van der Waals surface area contributed by atoms with E-state index in [0.29, 0.717) is 17.1 Å². The maximum Gasteiger partial charge on any atom is 0.254 e. The molecule has 0 radical (unpaired) electrons. The summed E-state index contributed by atoms with van der Waals surface area (Å²) >= 11 is 0. The van der Waals surface area contributed by atoms with Crippen LogP contribution in [0.15, 0.2) is 17.2 Å². The summed E-state index contributed by atoms with van der Waals surface area (Å²) in [6.45, 7) is 5.52. The molecule has 2 rings (SSSR count). The third-order valence-corrected chi connectivity index (χ3v) is 3.76. The topological polar surface area (TPSA) is 92.7 Å². The molecule has 0 spiro atoms. The van der Waals surface area contributed by atoms with Crippen LogP contribution in [-0.4, -0.2) is 25.4 Å². The Morgan fingerprint density at radius 3 is 2.74 bits per heavy atom. The van der Waals surface area contributed by atoms with Crippen LogP contribution in [0.5, 0.6) is 0 Å². The lowest BCUT2D eigenvalue weighted by atomic mass is 10.1. The van der Waals surface area contributed by atoms with E-state index in [1.807, 2.05) is 17.8 Å². The van der Waals surface area contributed by atoms with Gasteiger partial charge in [0.15, 0.2) is 0 Å². The fraction of sp³-hybridized carbons (Fsp3) is 0.500. The van der Waals surface area contributed by atoms with Gasteiger partial charge in [0.05, 0.1) is 12.5 Å². The van der Waals surface area contributed by atoms with Crippen molar-refractivity contribution in [2.24, 2.45) is 7.05 Å². The molecule has 0 aliphatic rings. The molecule has 1 unspecified atom stereocenters. The van der Waals surface area contributed by atoms with E-state index in [1.54, 1.807) is 20.0 Å². The molecule has 2 heterocycles. The van der Waals surface area contributed by atoms with E-state index in [4.69, 9.17) is 0 Å². The van der Waals surface area contributed by atoms with Gasteiger partial charge < -0.3 is 14.9 Å². The van der Waals surface area contributed by atoms with Crippen LogP contribution >= 0.6 is 0 Å². The second kappa shape index (κ2) is 7.21. The maximum absolute atomic E-state index is 12.4. The molecule has 1 atom stereocenters. The van der Waals surface area contributed by atoms with Crippen molar-refractivity contribution < 1.29 is 4.79 Å². The Bertz CT molecular complexity index is 747. The number of H-pyrrole nitrogens is 1. The molecule has 0 saturated heterocycles. The lowest BCUT2D eigenvalue weighted by Crippen LogP contribution is -2.33. The number of aryl methyl sites for hydroxylation is 3. The normalized spacial score (nSPS) is 12.2. The molecule has 0 aliphatic carbocycles. The van der Waals surface area contributed by atoms with Crippen molar-refractivity contribution in [1.82, 2.24) is 24.8 Å². The second-order valence-electron chi connectivity index (χ2n) is 5.70. The number of aromatic nitrogens is 4. The molecule has 7 nitrogen and oxygen atoms in total. The zero-order valence-corrected chi connectivity index (χ0v) is 14.0. The molecule has 0 saturated carbocycles. The first kappa shape index (κ1) is 16.9. The van der Waals surface area contributed by atoms with Gasteiger partial charge in [-0.15, -0.1) is 0 Å². The number of carbonyl (C=O) groups excluding carboxylic acids is 1. The van der Waals surface area contributed by atoms with Crippen LogP contribution < -0.4 is 10.9 Å². The van der Waals surface area contributed by atoms with E-state index in [-0.39, 0.29) is 23.9 Å². The van der Waals surface area contributed by atoms with Crippen LogP contribution in [0.2, 0.25) is 0 Å². The predicted molar refractivity (Wildman–Crippen MR) is 87.0 cm³/mol. The van der Waals surface area contributed by atoms with Crippen molar-refractivity contribution in [2.75, 3.05) is 0 Å². The number of nitrogens with one attached hydrogen (secondary N) is 2. The van der Waals surface area contributed by atoms with Gasteiger partial charge in [-0.3, -0.25) is 9.59 Å². The molecule has 7 heteroatoms. The summed E-state index contributed by atoms with van der Waals surface area (Å²) in [5.74, 6) is 1.16. The third kappa shape index (κ3) is 4.06. The van der Waals surface area contributed by atoms with Crippen LogP contribution in [0.1, 0.15) is 48.7 Å². The monoisotopic (exact) mass is 317 g/mol. The Labute approximate surface area is 135 Å². The fourth-order valence-corrected chi connectivity index (χ4v) is 2.63. The summed E-state index contributed by atoms with van der Waals surface area (Å²) in [4.78, 5) is 35.5. The van der Waals surface area contributed by atoms with Crippen LogP contribution in [-0.2, 0) is 18.3 Å². The predicted octanol–water partition coefficient (Wildman–Crippen LogP) is 1.32. The Morgan fingerprint density at radius 1 is 1.43 bits per heavy atom. The SMILES string of the molecule is CCCC(NC(=O)Cc1c(C)nc(C)[nH]c1=O)c1nccn1C. The van der Waals surface area contributed by atoms with E-state index >= 15 is 0 Å². The molecule has 2 aromatic heterocycles. The molecule has 0 bridgehead atoms. The number of hydrogen-bond donors (Lipinski definition) is 2. The molecular formula is C16H23N5O2. The first-order valence-electron chi connectivity index (χ1n) is 7.75. The maximum atomic E-state index is 12.4. The number of nitrogens with zero attached hydrogens (tertiary/aromatic N) is 3. The Morgan fingerprint density at radius 2 is 2.17 bits per heavy atom. The highest BCUT2D eigenvalue weighted by molar-refractivity contribution is 5.79. The number of carbonyl (C=O) groups is 1. The van der Waals surface area contributed by atoms with Crippen LogP contribution in [0.4, 0.5) is 0 Å². The zero-order chi connectivity index (χ0) is 17.0. The molecule has 0 aromatic carbocycles. The van der Waals surface area contributed by atoms with Crippen molar-refractivity contribution >= 4 is 5.91 Å². The van der Waals surface area contributed by atoms with Gasteiger partial charge in [0.1, 0.15) is 11.6 Å². The summed E-state index contributed by atoms with van der Waals surface area (Å²) < 4.78 is 1.89. The molecule has 2 aromatic rings. The molecule has 23 heavy (non-hydrogen) atoms. The van der Waals surface area contributed by atoms with Crippen molar-refractivity contribution in [3.8, 4) is 0 Å². The molecule has 0 aliphatic heterocycles. The second-order valence-corrected chi connectivity index (χ2v) is 5.70. The average Bonchev–Trinajstić information content (AvgIpc) is 2.88. The van der Waals surface area contributed by atoms with Crippen LogP contribution in [0, 0.1) is 13.8 Å². The van der Waals surface area contributed by atoms with E-state index in [1.165, 1.54) is 0 Å². The van der Waals surface area contributed by atoms with Crippen molar-refractivity contribution in [3.63, 3.8) is 0 Å². The minimum atomic E-state index is -0.255. The number of rotatable bonds is 6. The van der Waals surface area contributed by atoms with Gasteiger partial charge in [0.25, 0.3) is 5.56 Å². The van der Waals surface area contributed by atoms with Crippen LogP contribution in [0.25, 0.3) is 0 Å². The largest absolute Gasteiger partial charge is 0.346 e. The highest BCUT2D eigenvalue weighted by Crippen LogP contribution is 2.16. The summed E-state index contributed by atoms with van der Waals surface area (Å²) in [5, 5.41) is 2.98. The molecule has 0 fully saturated rings. The Kier molecular flexibility index (Phi) is 5.31. The van der Waals surface area contributed by atoms with Gasteiger partial charge in [0.2, 0.25) is 5.91 Å². The highest BCUT2D eigenvalue weighted by Gasteiger charge is 2.19. The highest BCUT2D eigenvalue weighted by atomic mass is 16.2. The van der Waals surface area contributed by atoms with Crippen molar-refractivity contribution in [2.45, 2.75) is 46.1 Å². The van der Waals surface area contributed by atoms with E-state index < -0.39 is 0 Å². The minimum absolute atomic E-state index is 0.0130. The average molecular weight is 317 g/mol. The molecule has 2 N–H and O–H groups in total. The number of amides is 1. The van der Waals surface area contributed by atoms with Crippen molar-refractivity contribution in [3.05, 3.63) is 45.7 Å². The van der Waals surface area contributed by atoms with Gasteiger partial charge in [-0.2, -0.15) is 0 Å². The summed E-state index contributed by atoms with van der Waals surface area (Å²) in [7, 11) is 1.90. The van der Waals surface area contributed by atoms with E-state index in [0.717, 1.165) is 18.7 Å². The summed E-state index contributed by atoms with van der Waals surface area (Å²) in [6.07, 6.45) is 5.28. The van der Waals surface area contributed by atoms with Gasteiger partial charge in [0, 0.05) is 30.7 Å². The van der Waals surface area contributed by atoms with Crippen molar-refractivity contribution in [1.29, 1.82) is 0 Å². The summed E-state index contributed by atoms with van der Waals surface area (Å²) in [6, 6.07) is -0.162. The Hall–Kier alpha value is -2.44. The zero-order valence-electron chi connectivity index (χ0n) is 14.0. The number of imidazole rings is 1. The summed E-state index contributed by atoms with van der Waals surface area (Å²) in [5.41, 5.74) is 0.739. The lowest BCUT2D eigenvalue weighted by Gasteiger charge is -2.18. The quantitative estimate of drug-likeness (QED) is 0.840. The van der Waals surface area contributed by atoms with Gasteiger partial charge >= 0.3 is 0 Å². The standard InChI is InChI=1S/C16H23N5O2/c1-5-6-13(15-17-7-8-21(15)4)20-14(22)9-12-10(2)18-11(3)19-16(12)23/h7-8,13H,5-6,9H2,1-4H3,(H,20,22)(H,18,19,23). The van der Waals surface area contributed by atoms with Gasteiger partial charge in [-0.05, 0) is 20.3 Å². The van der Waals surface area contributed by atoms with Gasteiger partial charge in [-0.25, -0.2) is 9.97 Å². The molecule has 124 valence electrons. The molecule has 1 amide bonds. The van der Waals surface area contributed by atoms with E-state index in [9.17, 15) is 9.59 Å². The molecular weight excluding hydrogens is 294 g/mol.